The molecule has 0 bridgehead atoms. The molecule has 1 aliphatic heterocycles. The van der Waals surface area contributed by atoms with Crippen molar-refractivity contribution in [2.75, 3.05) is 19.8 Å². The van der Waals surface area contributed by atoms with E-state index < -0.39 is 0 Å². The fourth-order valence-electron chi connectivity index (χ4n) is 2.97. The zero-order valence-electron chi connectivity index (χ0n) is 12.4. The summed E-state index contributed by atoms with van der Waals surface area (Å²) in [5, 5.41) is 4.53. The van der Waals surface area contributed by atoms with E-state index in [0.29, 0.717) is 12.5 Å². The summed E-state index contributed by atoms with van der Waals surface area (Å²) in [5.41, 5.74) is 9.44. The lowest BCUT2D eigenvalue weighted by Gasteiger charge is -2.21. The summed E-state index contributed by atoms with van der Waals surface area (Å²) in [7, 11) is 0. The molecule has 0 atom stereocenters. The number of hydrogen-bond acceptors (Lipinski definition) is 3. The number of nitrogens with two attached hydrogens (primary N) is 1. The van der Waals surface area contributed by atoms with Crippen LogP contribution in [0.15, 0.2) is 36.7 Å². The Balaban J connectivity index is 1.75. The van der Waals surface area contributed by atoms with Crippen LogP contribution in [-0.2, 0) is 17.7 Å². The smallest absolute Gasteiger partial charge is 0.0568 e. The molecule has 0 unspecified atom stereocenters. The molecule has 4 nitrogen and oxygen atoms in total. The normalized spacial score (nSPS) is 16.2. The first-order valence-electron chi connectivity index (χ1n) is 7.75. The van der Waals surface area contributed by atoms with Crippen molar-refractivity contribution in [2.45, 2.75) is 25.8 Å². The zero-order valence-corrected chi connectivity index (χ0v) is 12.4. The monoisotopic (exact) mass is 285 g/mol. The average molecular weight is 285 g/mol. The highest BCUT2D eigenvalue weighted by Crippen LogP contribution is 2.24. The van der Waals surface area contributed by atoms with Gasteiger partial charge in [-0.05, 0) is 42.9 Å². The van der Waals surface area contributed by atoms with Gasteiger partial charge < -0.3 is 10.5 Å². The van der Waals surface area contributed by atoms with E-state index in [9.17, 15) is 0 Å². The van der Waals surface area contributed by atoms with E-state index in [1.807, 2.05) is 6.20 Å². The molecule has 3 rings (SSSR count). The second-order valence-corrected chi connectivity index (χ2v) is 5.70. The third-order valence-corrected chi connectivity index (χ3v) is 4.16. The van der Waals surface area contributed by atoms with Crippen LogP contribution in [0.25, 0.3) is 11.1 Å². The summed E-state index contributed by atoms with van der Waals surface area (Å²) >= 11 is 0. The minimum atomic E-state index is 0.674. The zero-order chi connectivity index (χ0) is 14.5. The van der Waals surface area contributed by atoms with Gasteiger partial charge in [-0.25, -0.2) is 0 Å². The number of nitrogens with zero attached hydrogens (tertiary/aromatic N) is 2. The SMILES string of the molecule is NCCc1ccccc1-c1cnn(CC2CCOCC2)c1. The summed E-state index contributed by atoms with van der Waals surface area (Å²) < 4.78 is 7.49. The Bertz CT molecular complexity index is 573. The van der Waals surface area contributed by atoms with Crippen molar-refractivity contribution in [1.29, 1.82) is 0 Å². The van der Waals surface area contributed by atoms with E-state index in [2.05, 4.69) is 40.2 Å². The third kappa shape index (κ3) is 3.52. The Hall–Kier alpha value is -1.65. The number of benzene rings is 1. The van der Waals surface area contributed by atoms with Gasteiger partial charge >= 0.3 is 0 Å². The lowest BCUT2D eigenvalue weighted by atomic mass is 9.99. The number of ether oxygens (including phenoxy) is 1. The molecule has 112 valence electrons. The van der Waals surface area contributed by atoms with Gasteiger partial charge in [-0.1, -0.05) is 24.3 Å². The third-order valence-electron chi connectivity index (χ3n) is 4.16. The Kier molecular flexibility index (Phi) is 4.68. The average Bonchev–Trinajstić information content (AvgIpc) is 2.97. The van der Waals surface area contributed by atoms with Gasteiger partial charge in [-0.2, -0.15) is 5.10 Å². The Labute approximate surface area is 125 Å². The molecular formula is C17H23N3O. The van der Waals surface area contributed by atoms with E-state index in [0.717, 1.165) is 39.0 Å². The maximum absolute atomic E-state index is 5.70. The van der Waals surface area contributed by atoms with Crippen LogP contribution >= 0.6 is 0 Å². The van der Waals surface area contributed by atoms with Crippen LogP contribution in [0.5, 0.6) is 0 Å². The van der Waals surface area contributed by atoms with Gasteiger partial charge in [0.05, 0.1) is 6.20 Å². The van der Waals surface area contributed by atoms with E-state index in [1.165, 1.54) is 16.7 Å². The van der Waals surface area contributed by atoms with E-state index >= 15 is 0 Å². The fraction of sp³-hybridized carbons (Fsp3) is 0.471. The van der Waals surface area contributed by atoms with Crippen LogP contribution in [0, 0.1) is 5.92 Å². The number of aromatic nitrogens is 2. The van der Waals surface area contributed by atoms with Crippen molar-refractivity contribution < 1.29 is 4.74 Å². The van der Waals surface area contributed by atoms with E-state index in [4.69, 9.17) is 10.5 Å². The molecule has 0 amide bonds. The fourth-order valence-corrected chi connectivity index (χ4v) is 2.97. The van der Waals surface area contributed by atoms with Crippen molar-refractivity contribution in [3.8, 4) is 11.1 Å². The minimum absolute atomic E-state index is 0.674. The van der Waals surface area contributed by atoms with Crippen LogP contribution in [0.3, 0.4) is 0 Å². The summed E-state index contributed by atoms with van der Waals surface area (Å²) in [6.07, 6.45) is 7.30. The molecule has 2 aromatic rings. The largest absolute Gasteiger partial charge is 0.381 e. The number of rotatable bonds is 5. The van der Waals surface area contributed by atoms with E-state index in [-0.39, 0.29) is 0 Å². The first-order valence-corrected chi connectivity index (χ1v) is 7.75. The van der Waals surface area contributed by atoms with Crippen molar-refractivity contribution in [3.63, 3.8) is 0 Å². The number of hydrogen-bond donors (Lipinski definition) is 1. The van der Waals surface area contributed by atoms with Crippen molar-refractivity contribution in [1.82, 2.24) is 9.78 Å². The Morgan fingerprint density at radius 2 is 2.05 bits per heavy atom. The van der Waals surface area contributed by atoms with Gasteiger partial charge in [0.2, 0.25) is 0 Å². The van der Waals surface area contributed by atoms with Crippen LogP contribution in [0.4, 0.5) is 0 Å². The highest BCUT2D eigenvalue weighted by molar-refractivity contribution is 5.66. The molecule has 0 aliphatic carbocycles. The maximum Gasteiger partial charge on any atom is 0.0568 e. The topological polar surface area (TPSA) is 53.1 Å². The highest BCUT2D eigenvalue weighted by Gasteiger charge is 2.15. The molecule has 1 saturated heterocycles. The van der Waals surface area contributed by atoms with Crippen LogP contribution in [0.2, 0.25) is 0 Å². The quantitative estimate of drug-likeness (QED) is 0.918. The molecule has 1 aromatic carbocycles. The maximum atomic E-state index is 5.70. The van der Waals surface area contributed by atoms with Crippen LogP contribution in [0.1, 0.15) is 18.4 Å². The standard InChI is InChI=1S/C17H23N3O/c18-8-5-15-3-1-2-4-17(15)16-11-19-20(13-16)12-14-6-9-21-10-7-14/h1-4,11,13-14H,5-10,12,18H2. The predicted octanol–water partition coefficient (Wildman–Crippen LogP) is 2.48. The molecule has 0 spiro atoms. The molecule has 0 saturated carbocycles. The lowest BCUT2D eigenvalue weighted by Crippen LogP contribution is -2.20. The molecule has 2 heterocycles. The molecule has 1 aromatic heterocycles. The Morgan fingerprint density at radius 3 is 2.86 bits per heavy atom. The first-order chi connectivity index (χ1) is 10.4. The molecular weight excluding hydrogens is 262 g/mol. The van der Waals surface area contributed by atoms with Gasteiger partial charge in [-0.3, -0.25) is 4.68 Å². The van der Waals surface area contributed by atoms with Gasteiger partial charge in [-0.15, -0.1) is 0 Å². The van der Waals surface area contributed by atoms with Gasteiger partial charge in [0.15, 0.2) is 0 Å². The van der Waals surface area contributed by atoms with Gasteiger partial charge in [0.1, 0.15) is 0 Å². The second-order valence-electron chi connectivity index (χ2n) is 5.70. The molecule has 21 heavy (non-hydrogen) atoms. The summed E-state index contributed by atoms with van der Waals surface area (Å²) in [4.78, 5) is 0. The summed E-state index contributed by atoms with van der Waals surface area (Å²) in [6, 6.07) is 8.45. The molecule has 1 aliphatic rings. The van der Waals surface area contributed by atoms with Crippen LogP contribution < -0.4 is 5.73 Å². The highest BCUT2D eigenvalue weighted by atomic mass is 16.5. The first kappa shape index (κ1) is 14.3. The second kappa shape index (κ2) is 6.87. The van der Waals surface area contributed by atoms with Gasteiger partial charge in [0, 0.05) is 31.5 Å². The summed E-state index contributed by atoms with van der Waals surface area (Å²) in [5.74, 6) is 0.686. The summed E-state index contributed by atoms with van der Waals surface area (Å²) in [6.45, 7) is 3.44. The lowest BCUT2D eigenvalue weighted by molar-refractivity contribution is 0.0601. The molecule has 4 heteroatoms. The van der Waals surface area contributed by atoms with Crippen molar-refractivity contribution >= 4 is 0 Å². The van der Waals surface area contributed by atoms with Gasteiger partial charge in [0.25, 0.3) is 0 Å². The molecule has 0 radical (unpaired) electrons. The van der Waals surface area contributed by atoms with E-state index in [1.54, 1.807) is 0 Å². The Morgan fingerprint density at radius 1 is 1.24 bits per heavy atom. The predicted molar refractivity (Wildman–Crippen MR) is 84.0 cm³/mol. The van der Waals surface area contributed by atoms with Crippen LogP contribution in [-0.4, -0.2) is 29.5 Å². The molecule has 2 N–H and O–H groups in total. The van der Waals surface area contributed by atoms with Crippen molar-refractivity contribution in [2.24, 2.45) is 11.7 Å². The minimum Gasteiger partial charge on any atom is -0.381 e. The molecule has 1 fully saturated rings. The van der Waals surface area contributed by atoms with Crippen molar-refractivity contribution in [3.05, 3.63) is 42.2 Å².